The Hall–Kier alpha value is -1.66. The summed E-state index contributed by atoms with van der Waals surface area (Å²) in [6, 6.07) is 4.83. The minimum Gasteiger partial charge on any atom is -0.325 e. The normalized spacial score (nSPS) is 21.2. The second-order valence-electron chi connectivity index (χ2n) is 5.32. The van der Waals surface area contributed by atoms with E-state index in [1.54, 1.807) is 6.07 Å². The summed E-state index contributed by atoms with van der Waals surface area (Å²) in [5.74, 6) is -0.0909. The van der Waals surface area contributed by atoms with E-state index in [0.29, 0.717) is 11.7 Å². The number of benzene rings is 1. The van der Waals surface area contributed by atoms with Crippen LogP contribution >= 0.6 is 12.4 Å². The number of nitrogens with one attached hydrogen (secondary N) is 2. The number of nitro groups is 1. The molecule has 116 valence electrons. The summed E-state index contributed by atoms with van der Waals surface area (Å²) >= 11 is 0. The summed E-state index contributed by atoms with van der Waals surface area (Å²) in [4.78, 5) is 22.6. The van der Waals surface area contributed by atoms with Crippen LogP contribution in [-0.2, 0) is 4.79 Å². The molecule has 1 aromatic rings. The van der Waals surface area contributed by atoms with E-state index in [4.69, 9.17) is 0 Å². The third kappa shape index (κ3) is 4.41. The Morgan fingerprint density at radius 2 is 2.19 bits per heavy atom. The average molecular weight is 314 g/mol. The van der Waals surface area contributed by atoms with Crippen molar-refractivity contribution in [2.24, 2.45) is 5.92 Å². The van der Waals surface area contributed by atoms with Crippen molar-refractivity contribution in [3.05, 3.63) is 33.9 Å². The summed E-state index contributed by atoms with van der Waals surface area (Å²) in [5.41, 5.74) is 1.34. The van der Waals surface area contributed by atoms with Gasteiger partial charge in [-0.25, -0.2) is 0 Å². The largest absolute Gasteiger partial charge is 0.325 e. The van der Waals surface area contributed by atoms with Gasteiger partial charge in [0.25, 0.3) is 5.69 Å². The number of aryl methyl sites for hydroxylation is 1. The highest BCUT2D eigenvalue weighted by atomic mass is 35.5. The molecule has 1 aliphatic heterocycles. The Balaban J connectivity index is 0.00000220. The zero-order valence-electron chi connectivity index (χ0n) is 12.1. The first-order valence-electron chi connectivity index (χ1n) is 6.76. The SMILES string of the molecule is Cc1ccc([N+](=O)[O-])cc1NC(=O)[C@H]1CCN[C@@H](C)C1.Cl. The standard InChI is InChI=1S/C14H19N3O3.ClH/c1-9-3-4-12(17(19)20)8-13(9)16-14(18)11-5-6-15-10(2)7-11;/h3-4,8,10-11,15H,5-7H2,1-2H3,(H,16,18);1H/t10-,11-;/m0./s1. The van der Waals surface area contributed by atoms with Crippen LogP contribution in [0.25, 0.3) is 0 Å². The molecular formula is C14H20ClN3O3. The smallest absolute Gasteiger partial charge is 0.271 e. The molecule has 0 aliphatic carbocycles. The number of halogens is 1. The van der Waals surface area contributed by atoms with Crippen molar-refractivity contribution in [2.75, 3.05) is 11.9 Å². The van der Waals surface area contributed by atoms with Crippen molar-refractivity contribution in [3.8, 4) is 0 Å². The van der Waals surface area contributed by atoms with E-state index in [9.17, 15) is 14.9 Å². The highest BCUT2D eigenvalue weighted by Gasteiger charge is 2.25. The molecule has 0 spiro atoms. The Kier molecular flexibility index (Phi) is 6.11. The van der Waals surface area contributed by atoms with Crippen LogP contribution in [0.15, 0.2) is 18.2 Å². The summed E-state index contributed by atoms with van der Waals surface area (Å²) in [7, 11) is 0. The van der Waals surface area contributed by atoms with Crippen molar-refractivity contribution < 1.29 is 9.72 Å². The molecular weight excluding hydrogens is 294 g/mol. The maximum absolute atomic E-state index is 12.2. The molecule has 0 bridgehead atoms. The van der Waals surface area contributed by atoms with Gasteiger partial charge in [-0.05, 0) is 38.8 Å². The average Bonchev–Trinajstić information content (AvgIpc) is 2.41. The van der Waals surface area contributed by atoms with Gasteiger partial charge in [0.15, 0.2) is 0 Å². The Morgan fingerprint density at radius 1 is 1.48 bits per heavy atom. The van der Waals surface area contributed by atoms with Crippen molar-refractivity contribution >= 4 is 29.7 Å². The number of anilines is 1. The number of piperidine rings is 1. The van der Waals surface area contributed by atoms with Crippen LogP contribution in [0.3, 0.4) is 0 Å². The molecule has 6 nitrogen and oxygen atoms in total. The van der Waals surface area contributed by atoms with E-state index in [1.165, 1.54) is 12.1 Å². The van der Waals surface area contributed by atoms with Crippen molar-refractivity contribution in [2.45, 2.75) is 32.7 Å². The van der Waals surface area contributed by atoms with Gasteiger partial charge in [0.05, 0.1) is 10.6 Å². The summed E-state index contributed by atoms with van der Waals surface area (Å²) in [6.45, 7) is 4.70. The number of nitro benzene ring substituents is 1. The lowest BCUT2D eigenvalue weighted by Crippen LogP contribution is -2.40. The van der Waals surface area contributed by atoms with Gasteiger partial charge < -0.3 is 10.6 Å². The van der Waals surface area contributed by atoms with Gasteiger partial charge in [-0.3, -0.25) is 14.9 Å². The second kappa shape index (κ2) is 7.38. The molecule has 0 saturated carbocycles. The molecule has 0 radical (unpaired) electrons. The molecule has 1 aromatic carbocycles. The van der Waals surface area contributed by atoms with Gasteiger partial charge in [-0.2, -0.15) is 0 Å². The van der Waals surface area contributed by atoms with E-state index in [-0.39, 0.29) is 29.9 Å². The number of non-ortho nitro benzene ring substituents is 1. The number of carbonyl (C=O) groups is 1. The number of amides is 1. The van der Waals surface area contributed by atoms with Gasteiger partial charge in [-0.15, -0.1) is 12.4 Å². The maximum atomic E-state index is 12.2. The van der Waals surface area contributed by atoms with Gasteiger partial charge in [0, 0.05) is 24.1 Å². The van der Waals surface area contributed by atoms with Crippen LogP contribution in [0, 0.1) is 23.0 Å². The predicted molar refractivity (Wildman–Crippen MR) is 83.9 cm³/mol. The van der Waals surface area contributed by atoms with Crippen molar-refractivity contribution in [1.29, 1.82) is 0 Å². The minimum absolute atomic E-state index is 0. The fraction of sp³-hybridized carbons (Fsp3) is 0.500. The minimum atomic E-state index is -0.457. The number of nitrogens with zero attached hydrogens (tertiary/aromatic N) is 1. The van der Waals surface area contributed by atoms with E-state index < -0.39 is 4.92 Å². The fourth-order valence-electron chi connectivity index (χ4n) is 2.46. The molecule has 1 amide bonds. The summed E-state index contributed by atoms with van der Waals surface area (Å²) in [5, 5.41) is 16.9. The van der Waals surface area contributed by atoms with Crippen LogP contribution in [0.2, 0.25) is 0 Å². The fourth-order valence-corrected chi connectivity index (χ4v) is 2.46. The first-order chi connectivity index (χ1) is 9.47. The lowest BCUT2D eigenvalue weighted by Gasteiger charge is -2.27. The van der Waals surface area contributed by atoms with Gasteiger partial charge in [-0.1, -0.05) is 6.07 Å². The van der Waals surface area contributed by atoms with Crippen LogP contribution < -0.4 is 10.6 Å². The zero-order valence-corrected chi connectivity index (χ0v) is 12.9. The Labute approximate surface area is 129 Å². The quantitative estimate of drug-likeness (QED) is 0.663. The van der Waals surface area contributed by atoms with Crippen LogP contribution in [0.4, 0.5) is 11.4 Å². The van der Waals surface area contributed by atoms with Crippen LogP contribution in [0.1, 0.15) is 25.3 Å². The van der Waals surface area contributed by atoms with E-state index in [2.05, 4.69) is 17.6 Å². The Bertz CT molecular complexity index is 536. The second-order valence-corrected chi connectivity index (χ2v) is 5.32. The molecule has 2 N–H and O–H groups in total. The van der Waals surface area contributed by atoms with E-state index in [1.807, 2.05) is 6.92 Å². The third-order valence-electron chi connectivity index (χ3n) is 3.68. The molecule has 7 heteroatoms. The number of rotatable bonds is 3. The highest BCUT2D eigenvalue weighted by molar-refractivity contribution is 5.93. The molecule has 1 saturated heterocycles. The van der Waals surface area contributed by atoms with E-state index >= 15 is 0 Å². The first-order valence-corrected chi connectivity index (χ1v) is 6.76. The first kappa shape index (κ1) is 17.4. The predicted octanol–water partition coefficient (Wildman–Crippen LogP) is 2.65. The van der Waals surface area contributed by atoms with Gasteiger partial charge >= 0.3 is 0 Å². The molecule has 0 aromatic heterocycles. The van der Waals surface area contributed by atoms with Crippen LogP contribution in [0.5, 0.6) is 0 Å². The van der Waals surface area contributed by atoms with Gasteiger partial charge in [0.2, 0.25) is 5.91 Å². The number of hydrogen-bond acceptors (Lipinski definition) is 4. The molecule has 2 atom stereocenters. The molecule has 1 heterocycles. The molecule has 0 unspecified atom stereocenters. The maximum Gasteiger partial charge on any atom is 0.271 e. The topological polar surface area (TPSA) is 84.3 Å². The monoisotopic (exact) mass is 313 g/mol. The highest BCUT2D eigenvalue weighted by Crippen LogP contribution is 2.24. The zero-order chi connectivity index (χ0) is 14.7. The lowest BCUT2D eigenvalue weighted by atomic mass is 9.92. The number of hydrogen-bond donors (Lipinski definition) is 2. The van der Waals surface area contributed by atoms with E-state index in [0.717, 1.165) is 24.9 Å². The number of carbonyl (C=O) groups excluding carboxylic acids is 1. The Morgan fingerprint density at radius 3 is 2.81 bits per heavy atom. The third-order valence-corrected chi connectivity index (χ3v) is 3.68. The molecule has 21 heavy (non-hydrogen) atoms. The van der Waals surface area contributed by atoms with Crippen molar-refractivity contribution in [3.63, 3.8) is 0 Å². The molecule has 2 rings (SSSR count). The summed E-state index contributed by atoms with van der Waals surface area (Å²) in [6.07, 6.45) is 1.59. The molecule has 1 fully saturated rings. The van der Waals surface area contributed by atoms with Crippen molar-refractivity contribution in [1.82, 2.24) is 5.32 Å². The van der Waals surface area contributed by atoms with Gasteiger partial charge in [0.1, 0.15) is 0 Å². The lowest BCUT2D eigenvalue weighted by molar-refractivity contribution is -0.384. The molecule has 1 aliphatic rings. The van der Waals surface area contributed by atoms with Crippen LogP contribution in [-0.4, -0.2) is 23.4 Å². The summed E-state index contributed by atoms with van der Waals surface area (Å²) < 4.78 is 0.